The zero-order valence-electron chi connectivity index (χ0n) is 22.1. The van der Waals surface area contributed by atoms with Crippen LogP contribution >= 0.6 is 0 Å². The topological polar surface area (TPSA) is 55.0 Å². The van der Waals surface area contributed by atoms with E-state index in [4.69, 9.17) is 15.0 Å². The second-order valence-corrected chi connectivity index (χ2v) is 10.0. The maximum absolute atomic E-state index is 5.17. The van der Waals surface area contributed by atoms with E-state index in [9.17, 15) is 0 Å². The fourth-order valence-corrected chi connectivity index (χ4v) is 5.76. The number of hydrogen-bond acceptors (Lipinski definition) is 5. The molecule has 5 heterocycles. The van der Waals surface area contributed by atoms with Crippen LogP contribution in [-0.2, 0) is 31.9 Å². The number of halogens is 3. The van der Waals surface area contributed by atoms with Gasteiger partial charge in [-0.25, -0.2) is 15.0 Å². The average molecular weight is 635 g/mol. The number of benzene rings is 2. The zero-order valence-corrected chi connectivity index (χ0v) is 25.8. The number of fused-ring (bicyclic) bond motifs is 2. The van der Waals surface area contributed by atoms with E-state index in [0.29, 0.717) is 0 Å². The van der Waals surface area contributed by atoms with E-state index in [-0.39, 0.29) is 55.8 Å². The molecule has 0 saturated carbocycles. The third kappa shape index (κ3) is 6.21. The van der Waals surface area contributed by atoms with Gasteiger partial charge < -0.3 is 46.4 Å². The summed E-state index contributed by atoms with van der Waals surface area (Å²) in [4.78, 5) is 20.3. The largest absolute Gasteiger partial charge is 1.00 e. The molecule has 3 aromatic heterocycles. The Labute approximate surface area is 265 Å². The smallest absolute Gasteiger partial charge is 0.160 e. The summed E-state index contributed by atoms with van der Waals surface area (Å²) in [6.07, 6.45) is 5.07. The summed E-state index contributed by atoms with van der Waals surface area (Å²) < 4.78 is 4.67. The summed E-state index contributed by atoms with van der Waals surface area (Å²) in [5, 5.41) is 0. The van der Waals surface area contributed by atoms with Crippen molar-refractivity contribution >= 4 is 22.1 Å². The van der Waals surface area contributed by atoms with Crippen molar-refractivity contribution in [1.82, 2.24) is 33.9 Å². The minimum atomic E-state index is 0. The molecule has 0 aliphatic carbocycles. The van der Waals surface area contributed by atoms with E-state index in [1.165, 1.54) is 25.7 Å². The van der Waals surface area contributed by atoms with Crippen molar-refractivity contribution in [3.05, 3.63) is 66.7 Å². The van der Waals surface area contributed by atoms with Gasteiger partial charge in [0.05, 0.1) is 35.4 Å². The number of pyridine rings is 1. The summed E-state index contributed by atoms with van der Waals surface area (Å²) in [5.41, 5.74) is 6.13. The molecule has 2 fully saturated rings. The number of para-hydroxylation sites is 4. The Balaban J connectivity index is 0.00000110. The molecule has 1 radical (unpaired) electrons. The van der Waals surface area contributed by atoms with E-state index >= 15 is 0 Å². The van der Waals surface area contributed by atoms with Crippen LogP contribution in [0.15, 0.2) is 66.7 Å². The molecule has 11 heteroatoms. The Bertz CT molecular complexity index is 1430. The SMILES string of the molecule is [Cl-].[Cl-].[Cl-].[V].c1cc(-c2nc3ccccc3n2CN2CCCC2)nc(-c2nc3ccccc3n2CN2CCCC2)c1. The third-order valence-corrected chi connectivity index (χ3v) is 7.60. The van der Waals surface area contributed by atoms with Gasteiger partial charge in [0.1, 0.15) is 11.4 Å². The van der Waals surface area contributed by atoms with Crippen LogP contribution in [0.3, 0.4) is 0 Å². The maximum atomic E-state index is 5.17. The van der Waals surface area contributed by atoms with E-state index in [2.05, 4.69) is 85.7 Å². The van der Waals surface area contributed by atoms with Crippen LogP contribution in [0.25, 0.3) is 45.1 Å². The predicted octanol–water partition coefficient (Wildman–Crippen LogP) is -3.77. The van der Waals surface area contributed by atoms with Crippen LogP contribution < -0.4 is 37.2 Å². The molecule has 0 unspecified atom stereocenters. The number of likely N-dealkylation sites (tertiary alicyclic amines) is 2. The quantitative estimate of drug-likeness (QED) is 0.192. The summed E-state index contributed by atoms with van der Waals surface area (Å²) in [6.45, 7) is 6.24. The molecule has 0 N–H and O–H groups in total. The fourth-order valence-electron chi connectivity index (χ4n) is 5.76. The van der Waals surface area contributed by atoms with E-state index in [1.807, 2.05) is 0 Å². The standard InChI is InChI=1S/C29H31N7.3ClH.V/c1-3-14-26-22(10-1)31-28(35(26)20-33-16-5-6-17-33)24-12-9-13-25(30-24)29-32-23-11-2-4-15-27(23)36(29)21-34-18-7-8-19-34;;;;/h1-4,9-15H,5-8,16-21H2;3*1H;/p-3. The number of hydrogen-bond donors (Lipinski definition) is 0. The molecule has 5 aromatic rings. The number of aromatic nitrogens is 5. The molecule has 2 aromatic carbocycles. The first-order valence-corrected chi connectivity index (χ1v) is 13.2. The van der Waals surface area contributed by atoms with Crippen LogP contribution in [0.1, 0.15) is 25.7 Å². The first kappa shape index (κ1) is 32.4. The van der Waals surface area contributed by atoms with Crippen LogP contribution in [0.5, 0.6) is 0 Å². The van der Waals surface area contributed by atoms with Crippen LogP contribution in [0, 0.1) is 0 Å². The van der Waals surface area contributed by atoms with Gasteiger partial charge in [0.25, 0.3) is 0 Å². The van der Waals surface area contributed by atoms with Crippen molar-refractivity contribution in [1.29, 1.82) is 0 Å². The molecular formula is C29H31Cl3N7V-3. The normalized spacial score (nSPS) is 15.4. The van der Waals surface area contributed by atoms with Crippen molar-refractivity contribution in [2.45, 2.75) is 39.0 Å². The van der Waals surface area contributed by atoms with Crippen molar-refractivity contribution < 1.29 is 55.8 Å². The number of imidazole rings is 2. The molecule has 0 bridgehead atoms. The van der Waals surface area contributed by atoms with E-state index in [0.717, 1.165) is 84.6 Å². The van der Waals surface area contributed by atoms with Crippen molar-refractivity contribution in [3.8, 4) is 23.0 Å². The van der Waals surface area contributed by atoms with Crippen LogP contribution in [-0.4, -0.2) is 60.1 Å². The first-order valence-electron chi connectivity index (χ1n) is 13.2. The van der Waals surface area contributed by atoms with Gasteiger partial charge in [-0.2, -0.15) is 0 Å². The Hall–Kier alpha value is -2.10. The van der Waals surface area contributed by atoms with Gasteiger partial charge in [-0.3, -0.25) is 9.80 Å². The van der Waals surface area contributed by atoms with Crippen molar-refractivity contribution in [2.24, 2.45) is 0 Å². The summed E-state index contributed by atoms with van der Waals surface area (Å²) in [7, 11) is 0. The number of nitrogens with zero attached hydrogens (tertiary/aromatic N) is 7. The molecule has 2 aliphatic heterocycles. The Morgan fingerprint density at radius 3 is 1.32 bits per heavy atom. The molecule has 2 aliphatic rings. The molecule has 0 spiro atoms. The van der Waals surface area contributed by atoms with Gasteiger partial charge in [-0.05, 0) is 88.3 Å². The van der Waals surface area contributed by atoms with Crippen LogP contribution in [0.2, 0.25) is 0 Å². The second kappa shape index (κ2) is 14.2. The van der Waals surface area contributed by atoms with Gasteiger partial charge in [-0.15, -0.1) is 0 Å². The fraction of sp³-hybridized carbons (Fsp3) is 0.345. The Morgan fingerprint density at radius 2 is 0.900 bits per heavy atom. The Kier molecular flexibility index (Phi) is 11.5. The summed E-state index contributed by atoms with van der Waals surface area (Å²) >= 11 is 0. The van der Waals surface area contributed by atoms with Gasteiger partial charge in [0, 0.05) is 18.6 Å². The molecule has 0 amide bonds. The molecular weight excluding hydrogens is 604 g/mol. The van der Waals surface area contributed by atoms with Gasteiger partial charge in [0.2, 0.25) is 0 Å². The van der Waals surface area contributed by atoms with Gasteiger partial charge >= 0.3 is 0 Å². The van der Waals surface area contributed by atoms with Crippen molar-refractivity contribution in [2.75, 3.05) is 26.2 Å². The first-order chi connectivity index (χ1) is 17.8. The van der Waals surface area contributed by atoms with Gasteiger partial charge in [-0.1, -0.05) is 30.3 Å². The van der Waals surface area contributed by atoms with E-state index in [1.54, 1.807) is 0 Å². The maximum Gasteiger partial charge on any atom is 0.160 e. The molecule has 7 nitrogen and oxygen atoms in total. The molecule has 0 atom stereocenters. The van der Waals surface area contributed by atoms with Gasteiger partial charge in [0.15, 0.2) is 11.6 Å². The van der Waals surface area contributed by atoms with Crippen molar-refractivity contribution in [3.63, 3.8) is 0 Å². The summed E-state index contributed by atoms with van der Waals surface area (Å²) in [6, 6.07) is 23.1. The molecule has 40 heavy (non-hydrogen) atoms. The molecule has 7 rings (SSSR count). The molecule has 211 valence electrons. The zero-order chi connectivity index (χ0) is 23.9. The average Bonchev–Trinajstić information content (AvgIpc) is 3.73. The number of rotatable bonds is 6. The predicted molar refractivity (Wildman–Crippen MR) is 143 cm³/mol. The second-order valence-electron chi connectivity index (χ2n) is 10.0. The van der Waals surface area contributed by atoms with Crippen LogP contribution in [0.4, 0.5) is 0 Å². The summed E-state index contributed by atoms with van der Waals surface area (Å²) in [5.74, 6) is 1.85. The minimum Gasteiger partial charge on any atom is -1.00 e. The Morgan fingerprint density at radius 1 is 0.500 bits per heavy atom. The minimum absolute atomic E-state index is 0. The third-order valence-electron chi connectivity index (χ3n) is 7.60. The monoisotopic (exact) mass is 633 g/mol. The molecule has 2 saturated heterocycles. The van der Waals surface area contributed by atoms with E-state index < -0.39 is 0 Å².